The number of rotatable bonds is 4. The van der Waals surface area contributed by atoms with Gasteiger partial charge in [0.05, 0.1) is 23.1 Å². The molecule has 0 aliphatic carbocycles. The minimum absolute atomic E-state index is 0.137. The molecule has 1 amide bonds. The van der Waals surface area contributed by atoms with Crippen molar-refractivity contribution in [2.24, 2.45) is 7.05 Å². The molecule has 0 unspecified atom stereocenters. The van der Waals surface area contributed by atoms with Gasteiger partial charge in [-0.3, -0.25) is 14.2 Å². The summed E-state index contributed by atoms with van der Waals surface area (Å²) in [7, 11) is 1.57. The van der Waals surface area contributed by atoms with Gasteiger partial charge in [0, 0.05) is 12.4 Å². The van der Waals surface area contributed by atoms with E-state index in [1.165, 1.54) is 9.25 Å². The van der Waals surface area contributed by atoms with Gasteiger partial charge in [0.25, 0.3) is 5.56 Å². The summed E-state index contributed by atoms with van der Waals surface area (Å²) in [4.78, 5) is 36.5. The number of oxazole rings is 1. The summed E-state index contributed by atoms with van der Waals surface area (Å²) < 4.78 is 7.65. The average Bonchev–Trinajstić information content (AvgIpc) is 2.99. The fourth-order valence-corrected chi connectivity index (χ4v) is 3.05. The molecule has 0 aliphatic rings. The molecule has 4 aromatic rings. The van der Waals surface area contributed by atoms with E-state index in [1.807, 2.05) is 6.07 Å². The van der Waals surface area contributed by atoms with E-state index in [4.69, 9.17) is 4.42 Å². The second-order valence-electron chi connectivity index (χ2n) is 6.12. The van der Waals surface area contributed by atoms with Gasteiger partial charge < -0.3 is 9.73 Å². The van der Waals surface area contributed by atoms with Crippen molar-refractivity contribution in [3.05, 3.63) is 75.1 Å². The predicted molar refractivity (Wildman–Crippen MR) is 99.3 cm³/mol. The maximum atomic E-state index is 12.4. The molecule has 0 saturated carbocycles. The summed E-state index contributed by atoms with van der Waals surface area (Å²) in [5.41, 5.74) is 1.37. The number of amides is 1. The normalized spacial score (nSPS) is 11.1. The van der Waals surface area contributed by atoms with Crippen LogP contribution in [0.1, 0.15) is 5.69 Å². The summed E-state index contributed by atoms with van der Waals surface area (Å²) >= 11 is 0. The van der Waals surface area contributed by atoms with Gasteiger partial charge in [-0.25, -0.2) is 9.48 Å². The van der Waals surface area contributed by atoms with Crippen LogP contribution in [0.4, 0.5) is 0 Å². The van der Waals surface area contributed by atoms with Crippen LogP contribution in [0.15, 0.2) is 62.5 Å². The molecule has 0 aliphatic heterocycles. The zero-order valence-corrected chi connectivity index (χ0v) is 14.5. The first-order valence-electron chi connectivity index (χ1n) is 8.34. The van der Waals surface area contributed by atoms with E-state index < -0.39 is 5.76 Å². The number of para-hydroxylation sites is 2. The van der Waals surface area contributed by atoms with Gasteiger partial charge in [-0.05, 0) is 18.2 Å². The minimum Gasteiger partial charge on any atom is -0.408 e. The van der Waals surface area contributed by atoms with Gasteiger partial charge in [-0.1, -0.05) is 30.3 Å². The van der Waals surface area contributed by atoms with Crippen molar-refractivity contribution < 1.29 is 9.21 Å². The van der Waals surface area contributed by atoms with Crippen molar-refractivity contribution in [3.8, 4) is 0 Å². The number of benzene rings is 2. The van der Waals surface area contributed by atoms with Crippen molar-refractivity contribution in [2.45, 2.75) is 13.1 Å². The summed E-state index contributed by atoms with van der Waals surface area (Å²) in [6.07, 6.45) is 0. The van der Waals surface area contributed by atoms with E-state index in [0.717, 1.165) is 0 Å². The van der Waals surface area contributed by atoms with Crippen LogP contribution in [-0.4, -0.2) is 20.3 Å². The van der Waals surface area contributed by atoms with Gasteiger partial charge in [0.2, 0.25) is 5.91 Å². The van der Waals surface area contributed by atoms with Gasteiger partial charge in [-0.2, -0.15) is 5.10 Å². The van der Waals surface area contributed by atoms with E-state index in [9.17, 15) is 14.4 Å². The molecule has 0 atom stereocenters. The number of hydrogen-bond donors (Lipinski definition) is 1. The molecule has 8 nitrogen and oxygen atoms in total. The Kier molecular flexibility index (Phi) is 4.08. The molecule has 0 radical (unpaired) electrons. The number of nitrogens with zero attached hydrogens (tertiary/aromatic N) is 3. The Bertz CT molecular complexity index is 1280. The second-order valence-corrected chi connectivity index (χ2v) is 6.12. The van der Waals surface area contributed by atoms with E-state index in [1.54, 1.807) is 49.5 Å². The number of aryl methyl sites for hydroxylation is 1. The third kappa shape index (κ3) is 3.01. The van der Waals surface area contributed by atoms with Crippen LogP contribution in [-0.2, 0) is 24.9 Å². The molecule has 0 fully saturated rings. The molecule has 0 spiro atoms. The van der Waals surface area contributed by atoms with E-state index in [0.29, 0.717) is 27.6 Å². The third-order valence-electron chi connectivity index (χ3n) is 4.36. The molecule has 27 heavy (non-hydrogen) atoms. The molecule has 1 N–H and O–H groups in total. The Morgan fingerprint density at radius 3 is 2.59 bits per heavy atom. The van der Waals surface area contributed by atoms with Crippen molar-refractivity contribution in [2.75, 3.05) is 0 Å². The summed E-state index contributed by atoms with van der Waals surface area (Å²) in [5.74, 6) is -0.944. The monoisotopic (exact) mass is 364 g/mol. The first-order chi connectivity index (χ1) is 13.0. The summed E-state index contributed by atoms with van der Waals surface area (Å²) in [6.45, 7) is -0.0302. The minimum atomic E-state index is -0.586. The quantitative estimate of drug-likeness (QED) is 0.586. The molecule has 0 saturated heterocycles. The van der Waals surface area contributed by atoms with Crippen molar-refractivity contribution in [1.82, 2.24) is 19.7 Å². The SMILES string of the molecule is Cn1nc(CNC(=O)Cn2c(=O)oc3ccccc32)c2ccccc2c1=O. The Balaban J connectivity index is 1.57. The van der Waals surface area contributed by atoms with E-state index >= 15 is 0 Å². The van der Waals surface area contributed by atoms with Gasteiger partial charge in [0.15, 0.2) is 5.58 Å². The Morgan fingerprint density at radius 2 is 1.78 bits per heavy atom. The van der Waals surface area contributed by atoms with Crippen molar-refractivity contribution >= 4 is 27.8 Å². The fraction of sp³-hybridized carbons (Fsp3) is 0.158. The Hall–Kier alpha value is -3.68. The van der Waals surface area contributed by atoms with Crippen LogP contribution < -0.4 is 16.6 Å². The molecule has 2 aromatic heterocycles. The van der Waals surface area contributed by atoms with Crippen molar-refractivity contribution in [3.63, 3.8) is 0 Å². The van der Waals surface area contributed by atoms with Crippen LogP contribution in [0.2, 0.25) is 0 Å². The molecule has 0 bridgehead atoms. The molecular weight excluding hydrogens is 348 g/mol. The lowest BCUT2D eigenvalue weighted by Crippen LogP contribution is -2.31. The lowest BCUT2D eigenvalue weighted by atomic mass is 10.1. The largest absolute Gasteiger partial charge is 0.420 e. The van der Waals surface area contributed by atoms with Crippen LogP contribution in [0, 0.1) is 0 Å². The number of hydrogen-bond acceptors (Lipinski definition) is 5. The smallest absolute Gasteiger partial charge is 0.408 e. The lowest BCUT2D eigenvalue weighted by Gasteiger charge is -2.09. The molecule has 4 rings (SSSR count). The zero-order valence-electron chi connectivity index (χ0n) is 14.5. The molecule has 136 valence electrons. The van der Waals surface area contributed by atoms with Gasteiger partial charge in [0.1, 0.15) is 6.54 Å². The highest BCUT2D eigenvalue weighted by molar-refractivity contribution is 5.84. The zero-order chi connectivity index (χ0) is 19.0. The van der Waals surface area contributed by atoms with E-state index in [2.05, 4.69) is 10.4 Å². The molecule has 8 heteroatoms. The summed E-state index contributed by atoms with van der Waals surface area (Å²) in [5, 5.41) is 8.21. The highest BCUT2D eigenvalue weighted by Crippen LogP contribution is 2.13. The first kappa shape index (κ1) is 16.8. The van der Waals surface area contributed by atoms with E-state index in [-0.39, 0.29) is 24.6 Å². The second kappa shape index (κ2) is 6.56. The number of aromatic nitrogens is 3. The van der Waals surface area contributed by atoms with Crippen LogP contribution in [0.25, 0.3) is 21.9 Å². The van der Waals surface area contributed by atoms with Gasteiger partial charge >= 0.3 is 5.76 Å². The van der Waals surface area contributed by atoms with Crippen molar-refractivity contribution in [1.29, 1.82) is 0 Å². The number of nitrogens with one attached hydrogen (secondary N) is 1. The fourth-order valence-electron chi connectivity index (χ4n) is 3.05. The average molecular weight is 364 g/mol. The Labute approximate surface area is 152 Å². The number of fused-ring (bicyclic) bond motifs is 2. The lowest BCUT2D eigenvalue weighted by molar-refractivity contribution is -0.121. The summed E-state index contributed by atoms with van der Waals surface area (Å²) in [6, 6.07) is 14.0. The molecular formula is C19H16N4O4. The maximum absolute atomic E-state index is 12.4. The Morgan fingerprint density at radius 1 is 1.07 bits per heavy atom. The van der Waals surface area contributed by atoms with Gasteiger partial charge in [-0.15, -0.1) is 0 Å². The first-order valence-corrected chi connectivity index (χ1v) is 8.34. The highest BCUT2D eigenvalue weighted by Gasteiger charge is 2.13. The predicted octanol–water partition coefficient (Wildman–Crippen LogP) is 1.16. The maximum Gasteiger partial charge on any atom is 0.420 e. The van der Waals surface area contributed by atoms with Crippen LogP contribution in [0.3, 0.4) is 0 Å². The topological polar surface area (TPSA) is 99.1 Å². The highest BCUT2D eigenvalue weighted by atomic mass is 16.4. The molecule has 2 aromatic carbocycles. The number of carbonyl (C=O) groups excluding carboxylic acids is 1. The molecule has 2 heterocycles. The third-order valence-corrected chi connectivity index (χ3v) is 4.36. The standard InChI is InChI=1S/C19H16N4O4/c1-22-18(25)13-7-3-2-6-12(13)14(21-22)10-20-17(24)11-23-15-8-4-5-9-16(15)27-19(23)26/h2-9H,10-11H2,1H3,(H,20,24). The van der Waals surface area contributed by atoms with Crippen LogP contribution >= 0.6 is 0 Å². The number of carbonyl (C=O) groups is 1. The van der Waals surface area contributed by atoms with Crippen LogP contribution in [0.5, 0.6) is 0 Å².